The monoisotopic (exact) mass is 233 g/mol. The molecule has 1 fully saturated rings. The SMILES string of the molecule is CC[C@H](O)[C@H]1C[C@@H](Cc2ccccc2)CCN1. The zero-order valence-corrected chi connectivity index (χ0v) is 10.6. The first-order chi connectivity index (χ1) is 8.29. The number of hydrogen-bond donors (Lipinski definition) is 2. The maximum absolute atomic E-state index is 9.90. The number of nitrogens with one attached hydrogen (secondary N) is 1. The van der Waals surface area contributed by atoms with Crippen LogP contribution < -0.4 is 5.32 Å². The second kappa shape index (κ2) is 6.18. The van der Waals surface area contributed by atoms with E-state index in [4.69, 9.17) is 0 Å². The first-order valence-electron chi connectivity index (χ1n) is 6.75. The van der Waals surface area contributed by atoms with Crippen LogP contribution in [0.3, 0.4) is 0 Å². The van der Waals surface area contributed by atoms with Crippen LogP contribution in [0.5, 0.6) is 0 Å². The fraction of sp³-hybridized carbons (Fsp3) is 0.600. The van der Waals surface area contributed by atoms with Crippen LogP contribution >= 0.6 is 0 Å². The summed E-state index contributed by atoms with van der Waals surface area (Å²) in [6, 6.07) is 11.0. The van der Waals surface area contributed by atoms with Gasteiger partial charge >= 0.3 is 0 Å². The molecule has 3 atom stereocenters. The van der Waals surface area contributed by atoms with Gasteiger partial charge in [0.05, 0.1) is 6.10 Å². The molecule has 1 aliphatic rings. The van der Waals surface area contributed by atoms with Crippen molar-refractivity contribution in [2.45, 2.75) is 44.8 Å². The molecule has 2 heteroatoms. The Morgan fingerprint density at radius 1 is 1.35 bits per heavy atom. The fourth-order valence-electron chi connectivity index (χ4n) is 2.74. The number of piperidine rings is 1. The molecule has 0 amide bonds. The number of rotatable bonds is 4. The summed E-state index contributed by atoms with van der Waals surface area (Å²) in [5, 5.41) is 13.3. The van der Waals surface area contributed by atoms with Gasteiger partial charge in [0, 0.05) is 6.04 Å². The van der Waals surface area contributed by atoms with Crippen LogP contribution in [-0.2, 0) is 6.42 Å². The first kappa shape index (κ1) is 12.6. The summed E-state index contributed by atoms with van der Waals surface area (Å²) < 4.78 is 0. The molecule has 1 aliphatic heterocycles. The summed E-state index contributed by atoms with van der Waals surface area (Å²) in [7, 11) is 0. The predicted molar refractivity (Wildman–Crippen MR) is 71.0 cm³/mol. The van der Waals surface area contributed by atoms with E-state index in [1.54, 1.807) is 0 Å². The van der Waals surface area contributed by atoms with Gasteiger partial charge in [0.2, 0.25) is 0 Å². The van der Waals surface area contributed by atoms with E-state index in [2.05, 4.69) is 35.6 Å². The smallest absolute Gasteiger partial charge is 0.0690 e. The van der Waals surface area contributed by atoms with E-state index in [9.17, 15) is 5.11 Å². The van der Waals surface area contributed by atoms with Crippen molar-refractivity contribution in [1.82, 2.24) is 5.32 Å². The highest BCUT2D eigenvalue weighted by atomic mass is 16.3. The molecular weight excluding hydrogens is 210 g/mol. The van der Waals surface area contributed by atoms with Crippen LogP contribution in [0, 0.1) is 5.92 Å². The minimum atomic E-state index is -0.187. The van der Waals surface area contributed by atoms with Gasteiger partial charge in [-0.15, -0.1) is 0 Å². The van der Waals surface area contributed by atoms with Gasteiger partial charge in [0.1, 0.15) is 0 Å². The molecule has 0 aromatic heterocycles. The van der Waals surface area contributed by atoms with Crippen molar-refractivity contribution in [3.8, 4) is 0 Å². The lowest BCUT2D eigenvalue weighted by atomic mass is 9.85. The molecule has 1 aromatic rings. The molecule has 0 aliphatic carbocycles. The molecule has 0 bridgehead atoms. The molecule has 0 spiro atoms. The molecule has 94 valence electrons. The number of benzene rings is 1. The third-order valence-electron chi connectivity index (χ3n) is 3.80. The van der Waals surface area contributed by atoms with Crippen LogP contribution in [0.15, 0.2) is 30.3 Å². The summed E-state index contributed by atoms with van der Waals surface area (Å²) >= 11 is 0. The fourth-order valence-corrected chi connectivity index (χ4v) is 2.74. The molecule has 1 heterocycles. The Morgan fingerprint density at radius 3 is 2.82 bits per heavy atom. The molecule has 0 saturated carbocycles. The second-order valence-electron chi connectivity index (χ2n) is 5.12. The first-order valence-corrected chi connectivity index (χ1v) is 6.75. The highest BCUT2D eigenvalue weighted by Crippen LogP contribution is 2.23. The average Bonchev–Trinajstić information content (AvgIpc) is 2.39. The normalized spacial score (nSPS) is 26.7. The Kier molecular flexibility index (Phi) is 4.57. The molecule has 1 aromatic carbocycles. The lowest BCUT2D eigenvalue weighted by Gasteiger charge is -2.33. The number of aliphatic hydroxyl groups is 1. The molecule has 1 saturated heterocycles. The van der Waals surface area contributed by atoms with E-state index < -0.39 is 0 Å². The van der Waals surface area contributed by atoms with Crippen molar-refractivity contribution in [2.75, 3.05) is 6.54 Å². The van der Waals surface area contributed by atoms with Gasteiger partial charge in [0.25, 0.3) is 0 Å². The van der Waals surface area contributed by atoms with Crippen LogP contribution in [-0.4, -0.2) is 23.8 Å². The van der Waals surface area contributed by atoms with E-state index >= 15 is 0 Å². The summed E-state index contributed by atoms with van der Waals surface area (Å²) in [5.41, 5.74) is 1.42. The predicted octanol–water partition coefficient (Wildman–Crippen LogP) is 2.37. The minimum Gasteiger partial charge on any atom is -0.392 e. The minimum absolute atomic E-state index is 0.187. The number of aliphatic hydroxyl groups excluding tert-OH is 1. The van der Waals surface area contributed by atoms with Gasteiger partial charge in [0.15, 0.2) is 0 Å². The lowest BCUT2D eigenvalue weighted by molar-refractivity contribution is 0.0950. The van der Waals surface area contributed by atoms with Crippen molar-refractivity contribution >= 4 is 0 Å². The molecular formula is C15H23NO. The molecule has 17 heavy (non-hydrogen) atoms. The Morgan fingerprint density at radius 2 is 2.12 bits per heavy atom. The van der Waals surface area contributed by atoms with Crippen molar-refractivity contribution in [3.63, 3.8) is 0 Å². The van der Waals surface area contributed by atoms with Crippen molar-refractivity contribution in [1.29, 1.82) is 0 Å². The van der Waals surface area contributed by atoms with E-state index in [1.165, 1.54) is 12.0 Å². The van der Waals surface area contributed by atoms with E-state index in [-0.39, 0.29) is 6.10 Å². The van der Waals surface area contributed by atoms with Crippen molar-refractivity contribution < 1.29 is 5.11 Å². The highest BCUT2D eigenvalue weighted by molar-refractivity contribution is 5.15. The van der Waals surface area contributed by atoms with Crippen molar-refractivity contribution in [2.24, 2.45) is 5.92 Å². The summed E-state index contributed by atoms with van der Waals surface area (Å²) in [4.78, 5) is 0. The zero-order valence-electron chi connectivity index (χ0n) is 10.6. The van der Waals surface area contributed by atoms with Crippen LogP contribution in [0.1, 0.15) is 31.7 Å². The second-order valence-corrected chi connectivity index (χ2v) is 5.12. The Balaban J connectivity index is 1.89. The summed E-state index contributed by atoms with van der Waals surface area (Å²) in [6.45, 7) is 3.09. The molecule has 2 nitrogen and oxygen atoms in total. The molecule has 0 radical (unpaired) electrons. The molecule has 0 unspecified atom stereocenters. The maximum atomic E-state index is 9.90. The van der Waals surface area contributed by atoms with Crippen LogP contribution in [0.4, 0.5) is 0 Å². The molecule has 2 rings (SSSR count). The largest absolute Gasteiger partial charge is 0.392 e. The highest BCUT2D eigenvalue weighted by Gasteiger charge is 2.25. The van der Waals surface area contributed by atoms with Crippen LogP contribution in [0.2, 0.25) is 0 Å². The van der Waals surface area contributed by atoms with Gasteiger partial charge in [-0.3, -0.25) is 0 Å². The summed E-state index contributed by atoms with van der Waals surface area (Å²) in [6.07, 6.45) is 4.13. The Labute approximate surface area is 104 Å². The van der Waals surface area contributed by atoms with Gasteiger partial charge < -0.3 is 10.4 Å². The quantitative estimate of drug-likeness (QED) is 0.837. The number of hydrogen-bond acceptors (Lipinski definition) is 2. The van der Waals surface area contributed by atoms with Gasteiger partial charge in [-0.25, -0.2) is 0 Å². The third kappa shape index (κ3) is 3.55. The Hall–Kier alpha value is -0.860. The van der Waals surface area contributed by atoms with E-state index in [1.807, 2.05) is 6.92 Å². The topological polar surface area (TPSA) is 32.3 Å². The van der Waals surface area contributed by atoms with Gasteiger partial charge in [-0.1, -0.05) is 37.3 Å². The van der Waals surface area contributed by atoms with E-state index in [0.717, 1.165) is 25.8 Å². The summed E-state index contributed by atoms with van der Waals surface area (Å²) in [5.74, 6) is 0.713. The standard InChI is InChI=1S/C15H23NO/c1-2-15(17)14-11-13(8-9-16-14)10-12-6-4-3-5-7-12/h3-7,13-17H,2,8-11H2,1H3/t13-,14-,15+/m1/s1. The van der Waals surface area contributed by atoms with Crippen molar-refractivity contribution in [3.05, 3.63) is 35.9 Å². The van der Waals surface area contributed by atoms with Crippen LogP contribution in [0.25, 0.3) is 0 Å². The molecule has 2 N–H and O–H groups in total. The van der Waals surface area contributed by atoms with Gasteiger partial charge in [-0.05, 0) is 43.7 Å². The maximum Gasteiger partial charge on any atom is 0.0690 e. The van der Waals surface area contributed by atoms with E-state index in [0.29, 0.717) is 12.0 Å². The zero-order chi connectivity index (χ0) is 12.1. The average molecular weight is 233 g/mol. The van der Waals surface area contributed by atoms with Gasteiger partial charge in [-0.2, -0.15) is 0 Å². The Bertz CT molecular complexity index is 325. The lowest BCUT2D eigenvalue weighted by Crippen LogP contribution is -2.45. The third-order valence-corrected chi connectivity index (χ3v) is 3.80.